The normalized spacial score (nSPS) is 18.4. The van der Waals surface area contributed by atoms with Gasteiger partial charge >= 0.3 is 6.18 Å². The molecule has 0 radical (unpaired) electrons. The van der Waals surface area contributed by atoms with Crippen molar-refractivity contribution in [2.24, 2.45) is 0 Å². The van der Waals surface area contributed by atoms with Gasteiger partial charge in [0, 0.05) is 32.2 Å². The van der Waals surface area contributed by atoms with Crippen molar-refractivity contribution in [2.75, 3.05) is 26.2 Å². The van der Waals surface area contributed by atoms with Crippen molar-refractivity contribution in [2.45, 2.75) is 25.1 Å². The lowest BCUT2D eigenvalue weighted by molar-refractivity contribution is -0.137. The van der Waals surface area contributed by atoms with E-state index in [1.54, 1.807) is 12.1 Å². The van der Waals surface area contributed by atoms with E-state index in [2.05, 4.69) is 16.8 Å². The Morgan fingerprint density at radius 3 is 2.33 bits per heavy atom. The van der Waals surface area contributed by atoms with E-state index < -0.39 is 11.7 Å². The molecule has 2 rings (SSSR count). The fourth-order valence-electron chi connectivity index (χ4n) is 2.72. The fourth-order valence-corrected chi connectivity index (χ4v) is 2.72. The maximum absolute atomic E-state index is 12.6. The number of benzene rings is 1. The molecular formula is C16H21F3N2. The summed E-state index contributed by atoms with van der Waals surface area (Å²) >= 11 is 0. The minimum atomic E-state index is -4.27. The zero-order chi connectivity index (χ0) is 15.3. The lowest BCUT2D eigenvalue weighted by Gasteiger charge is -2.35. The highest BCUT2D eigenvalue weighted by Crippen LogP contribution is 2.32. The smallest absolute Gasteiger partial charge is 0.314 e. The van der Waals surface area contributed by atoms with Gasteiger partial charge in [-0.25, -0.2) is 0 Å². The molecule has 0 amide bonds. The molecule has 2 nitrogen and oxygen atoms in total. The van der Waals surface area contributed by atoms with Gasteiger partial charge in [-0.05, 0) is 30.5 Å². The van der Waals surface area contributed by atoms with Gasteiger partial charge in [0.2, 0.25) is 0 Å². The number of nitrogens with zero attached hydrogens (tertiary/aromatic N) is 1. The van der Waals surface area contributed by atoms with Gasteiger partial charge in [0.05, 0.1) is 5.56 Å². The molecule has 0 aliphatic carbocycles. The van der Waals surface area contributed by atoms with Crippen LogP contribution in [0.4, 0.5) is 13.2 Å². The van der Waals surface area contributed by atoms with Crippen molar-refractivity contribution in [1.29, 1.82) is 0 Å². The summed E-state index contributed by atoms with van der Waals surface area (Å²) in [6.07, 6.45) is -0.673. The van der Waals surface area contributed by atoms with Crippen LogP contribution in [0, 0.1) is 0 Å². The SMILES string of the molecule is C=CCC[C@@H](c1ccc(C(F)(F)F)cc1)N1CCNCC1. The summed E-state index contributed by atoms with van der Waals surface area (Å²) in [4.78, 5) is 2.34. The molecule has 0 saturated carbocycles. The molecule has 116 valence electrons. The van der Waals surface area contributed by atoms with Crippen molar-refractivity contribution >= 4 is 0 Å². The summed E-state index contributed by atoms with van der Waals surface area (Å²) in [6, 6.07) is 5.74. The molecule has 1 N–H and O–H groups in total. The molecule has 1 aromatic rings. The van der Waals surface area contributed by atoms with Crippen LogP contribution in [0.2, 0.25) is 0 Å². The lowest BCUT2D eigenvalue weighted by Crippen LogP contribution is -2.45. The van der Waals surface area contributed by atoms with Crippen LogP contribution in [0.5, 0.6) is 0 Å². The van der Waals surface area contributed by atoms with Crippen LogP contribution in [-0.4, -0.2) is 31.1 Å². The Bertz CT molecular complexity index is 448. The molecule has 0 bridgehead atoms. The first kappa shape index (κ1) is 16.0. The first-order valence-electron chi connectivity index (χ1n) is 7.25. The third-order valence-electron chi connectivity index (χ3n) is 3.86. The average Bonchev–Trinajstić information content (AvgIpc) is 2.48. The van der Waals surface area contributed by atoms with Gasteiger partial charge in [0.25, 0.3) is 0 Å². The summed E-state index contributed by atoms with van der Waals surface area (Å²) in [5.74, 6) is 0. The van der Waals surface area contributed by atoms with E-state index >= 15 is 0 Å². The Morgan fingerprint density at radius 1 is 1.19 bits per heavy atom. The van der Waals surface area contributed by atoms with Gasteiger partial charge in [0.1, 0.15) is 0 Å². The van der Waals surface area contributed by atoms with Crippen molar-refractivity contribution in [3.63, 3.8) is 0 Å². The van der Waals surface area contributed by atoms with E-state index in [1.165, 1.54) is 12.1 Å². The Kier molecular flexibility index (Phi) is 5.42. The molecule has 1 heterocycles. The standard InChI is InChI=1S/C16H21F3N2/c1-2-3-4-15(21-11-9-20-10-12-21)13-5-7-14(8-6-13)16(17,18)19/h2,5-8,15,20H,1,3-4,9-12H2/t15-/m0/s1. The minimum Gasteiger partial charge on any atom is -0.314 e. The third kappa shape index (κ3) is 4.32. The Balaban J connectivity index is 2.17. The second-order valence-electron chi connectivity index (χ2n) is 5.29. The van der Waals surface area contributed by atoms with E-state index in [4.69, 9.17) is 0 Å². The summed E-state index contributed by atoms with van der Waals surface area (Å²) in [7, 11) is 0. The molecule has 0 spiro atoms. The van der Waals surface area contributed by atoms with Crippen molar-refractivity contribution < 1.29 is 13.2 Å². The molecule has 1 saturated heterocycles. The van der Waals surface area contributed by atoms with Gasteiger partial charge in [-0.3, -0.25) is 4.90 Å². The van der Waals surface area contributed by atoms with Gasteiger partial charge in [-0.1, -0.05) is 18.2 Å². The molecule has 1 aliphatic rings. The Hall–Kier alpha value is -1.33. The average molecular weight is 298 g/mol. The first-order chi connectivity index (χ1) is 10.0. The molecule has 1 fully saturated rings. The van der Waals surface area contributed by atoms with Crippen molar-refractivity contribution in [3.05, 3.63) is 48.0 Å². The van der Waals surface area contributed by atoms with Crippen LogP contribution in [0.1, 0.15) is 30.0 Å². The number of halogens is 3. The zero-order valence-electron chi connectivity index (χ0n) is 12.0. The number of rotatable bonds is 5. The predicted molar refractivity (Wildman–Crippen MR) is 78.1 cm³/mol. The number of piperazine rings is 1. The van der Waals surface area contributed by atoms with Crippen LogP contribution in [0.25, 0.3) is 0 Å². The van der Waals surface area contributed by atoms with Crippen LogP contribution in [0.3, 0.4) is 0 Å². The van der Waals surface area contributed by atoms with Gasteiger partial charge < -0.3 is 5.32 Å². The molecule has 21 heavy (non-hydrogen) atoms. The van der Waals surface area contributed by atoms with E-state index in [-0.39, 0.29) is 6.04 Å². The maximum Gasteiger partial charge on any atom is 0.416 e. The van der Waals surface area contributed by atoms with Gasteiger partial charge in [-0.15, -0.1) is 6.58 Å². The lowest BCUT2D eigenvalue weighted by atomic mass is 9.98. The molecular weight excluding hydrogens is 277 g/mol. The van der Waals surface area contributed by atoms with Crippen molar-refractivity contribution in [1.82, 2.24) is 10.2 Å². The van der Waals surface area contributed by atoms with E-state index in [0.29, 0.717) is 0 Å². The minimum absolute atomic E-state index is 0.160. The topological polar surface area (TPSA) is 15.3 Å². The van der Waals surface area contributed by atoms with Gasteiger partial charge in [-0.2, -0.15) is 13.2 Å². The maximum atomic E-state index is 12.6. The molecule has 1 aromatic carbocycles. The van der Waals surface area contributed by atoms with Crippen LogP contribution < -0.4 is 5.32 Å². The Morgan fingerprint density at radius 2 is 1.81 bits per heavy atom. The molecule has 1 aliphatic heterocycles. The van der Waals surface area contributed by atoms with E-state index in [1.807, 2.05) is 6.08 Å². The van der Waals surface area contributed by atoms with E-state index in [9.17, 15) is 13.2 Å². The largest absolute Gasteiger partial charge is 0.416 e. The Labute approximate surface area is 123 Å². The number of hydrogen-bond acceptors (Lipinski definition) is 2. The molecule has 0 aromatic heterocycles. The first-order valence-corrected chi connectivity index (χ1v) is 7.25. The van der Waals surface area contributed by atoms with Gasteiger partial charge in [0.15, 0.2) is 0 Å². The zero-order valence-corrected chi connectivity index (χ0v) is 12.0. The summed E-state index contributed by atoms with van der Waals surface area (Å²) in [6.45, 7) is 7.42. The third-order valence-corrected chi connectivity index (χ3v) is 3.86. The van der Waals surface area contributed by atoms with Crippen LogP contribution in [-0.2, 0) is 6.18 Å². The highest BCUT2D eigenvalue weighted by molar-refractivity contribution is 5.27. The second-order valence-corrected chi connectivity index (χ2v) is 5.29. The second kappa shape index (κ2) is 7.09. The highest BCUT2D eigenvalue weighted by atomic mass is 19.4. The number of alkyl halides is 3. The van der Waals surface area contributed by atoms with Crippen molar-refractivity contribution in [3.8, 4) is 0 Å². The predicted octanol–water partition coefficient (Wildman–Crippen LogP) is 3.62. The van der Waals surface area contributed by atoms with Crippen LogP contribution >= 0.6 is 0 Å². The monoisotopic (exact) mass is 298 g/mol. The molecule has 0 unspecified atom stereocenters. The summed E-state index contributed by atoms with van der Waals surface area (Å²) < 4.78 is 37.9. The quantitative estimate of drug-likeness (QED) is 0.835. The van der Waals surface area contributed by atoms with Crippen LogP contribution in [0.15, 0.2) is 36.9 Å². The number of nitrogens with one attached hydrogen (secondary N) is 1. The molecule has 1 atom stereocenters. The van der Waals surface area contributed by atoms with E-state index in [0.717, 1.165) is 44.6 Å². The number of hydrogen-bond donors (Lipinski definition) is 1. The number of allylic oxidation sites excluding steroid dienone is 1. The fraction of sp³-hybridized carbons (Fsp3) is 0.500. The summed E-state index contributed by atoms with van der Waals surface area (Å²) in [5.41, 5.74) is 0.362. The summed E-state index contributed by atoms with van der Waals surface area (Å²) in [5, 5.41) is 3.30. The highest BCUT2D eigenvalue weighted by Gasteiger charge is 2.30. The molecule has 5 heteroatoms.